The average molecular weight is 286 g/mol. The molecule has 1 fully saturated rings. The minimum Gasteiger partial charge on any atom is -0.467 e. The van der Waals surface area contributed by atoms with Crippen molar-refractivity contribution in [3.63, 3.8) is 0 Å². The van der Waals surface area contributed by atoms with Crippen LogP contribution < -0.4 is 10.6 Å². The van der Waals surface area contributed by atoms with E-state index in [2.05, 4.69) is 22.0 Å². The van der Waals surface area contributed by atoms with Gasteiger partial charge in [0.15, 0.2) is 11.5 Å². The van der Waals surface area contributed by atoms with Crippen LogP contribution in [0.4, 0.5) is 5.82 Å². The highest BCUT2D eigenvalue weighted by molar-refractivity contribution is 5.90. The largest absolute Gasteiger partial charge is 0.467 e. The zero-order valence-electron chi connectivity index (χ0n) is 11.9. The van der Waals surface area contributed by atoms with Crippen LogP contribution in [-0.2, 0) is 0 Å². The summed E-state index contributed by atoms with van der Waals surface area (Å²) in [6, 6.07) is 7.44. The normalized spacial score (nSPS) is 22.2. The number of primary amides is 1. The highest BCUT2D eigenvalue weighted by Gasteiger charge is 2.30. The van der Waals surface area contributed by atoms with Crippen molar-refractivity contribution in [3.05, 3.63) is 42.0 Å². The summed E-state index contributed by atoms with van der Waals surface area (Å²) in [6.07, 6.45) is 3.79. The van der Waals surface area contributed by atoms with Gasteiger partial charge in [-0.3, -0.25) is 4.79 Å². The smallest absolute Gasteiger partial charge is 0.269 e. The number of rotatable bonds is 3. The Morgan fingerprint density at radius 3 is 2.86 bits per heavy atom. The molecule has 1 amide bonds. The lowest BCUT2D eigenvalue weighted by atomic mass is 9.91. The molecule has 21 heavy (non-hydrogen) atoms. The number of nitrogens with zero attached hydrogens (tertiary/aromatic N) is 3. The molecular weight excluding hydrogens is 268 g/mol. The molecule has 0 aliphatic carbocycles. The lowest BCUT2D eigenvalue weighted by Gasteiger charge is -2.37. The topological polar surface area (TPSA) is 85.2 Å². The van der Waals surface area contributed by atoms with Gasteiger partial charge >= 0.3 is 0 Å². The van der Waals surface area contributed by atoms with Crippen LogP contribution in [0.3, 0.4) is 0 Å². The number of amides is 1. The summed E-state index contributed by atoms with van der Waals surface area (Å²) < 4.78 is 5.57. The third-order valence-electron chi connectivity index (χ3n) is 3.93. The molecule has 0 saturated carbocycles. The fourth-order valence-corrected chi connectivity index (χ4v) is 2.78. The van der Waals surface area contributed by atoms with Gasteiger partial charge in [-0.15, -0.1) is 10.2 Å². The van der Waals surface area contributed by atoms with E-state index in [0.29, 0.717) is 5.92 Å². The number of hydrogen-bond donors (Lipinski definition) is 1. The van der Waals surface area contributed by atoms with E-state index in [1.165, 1.54) is 0 Å². The Kier molecular flexibility index (Phi) is 3.60. The van der Waals surface area contributed by atoms with E-state index in [-0.39, 0.29) is 11.7 Å². The van der Waals surface area contributed by atoms with Crippen LogP contribution in [0, 0.1) is 5.92 Å². The van der Waals surface area contributed by atoms with Gasteiger partial charge < -0.3 is 15.1 Å². The van der Waals surface area contributed by atoms with Crippen molar-refractivity contribution in [2.45, 2.75) is 25.8 Å². The predicted octanol–water partition coefficient (Wildman–Crippen LogP) is 2.15. The molecule has 0 bridgehead atoms. The molecule has 1 aliphatic rings. The van der Waals surface area contributed by atoms with Crippen molar-refractivity contribution in [1.82, 2.24) is 10.2 Å². The second kappa shape index (κ2) is 5.55. The molecule has 2 N–H and O–H groups in total. The fraction of sp³-hybridized carbons (Fsp3) is 0.400. The third-order valence-corrected chi connectivity index (χ3v) is 3.93. The first-order valence-electron chi connectivity index (χ1n) is 7.08. The van der Waals surface area contributed by atoms with Gasteiger partial charge in [-0.2, -0.15) is 0 Å². The zero-order valence-corrected chi connectivity index (χ0v) is 11.9. The Morgan fingerprint density at radius 2 is 2.24 bits per heavy atom. The molecule has 0 unspecified atom stereocenters. The number of carbonyl (C=O) groups is 1. The molecule has 1 aliphatic heterocycles. The number of hydrogen-bond acceptors (Lipinski definition) is 5. The Balaban J connectivity index is 1.89. The highest BCUT2D eigenvalue weighted by Crippen LogP contribution is 2.36. The van der Waals surface area contributed by atoms with Crippen LogP contribution in [-0.4, -0.2) is 22.6 Å². The van der Waals surface area contributed by atoms with E-state index in [9.17, 15) is 4.79 Å². The van der Waals surface area contributed by atoms with Crippen LogP contribution in [0.1, 0.15) is 42.1 Å². The third kappa shape index (κ3) is 2.74. The summed E-state index contributed by atoms with van der Waals surface area (Å²) in [6.45, 7) is 3.13. The maximum atomic E-state index is 11.1. The van der Waals surface area contributed by atoms with E-state index >= 15 is 0 Å². The molecule has 0 radical (unpaired) electrons. The number of anilines is 1. The molecule has 0 spiro atoms. The van der Waals surface area contributed by atoms with E-state index in [1.54, 1.807) is 18.4 Å². The lowest BCUT2D eigenvalue weighted by Crippen LogP contribution is -2.36. The predicted molar refractivity (Wildman–Crippen MR) is 77.7 cm³/mol. The molecule has 6 nitrogen and oxygen atoms in total. The summed E-state index contributed by atoms with van der Waals surface area (Å²) in [5.74, 6) is 1.74. The van der Waals surface area contributed by atoms with E-state index in [1.807, 2.05) is 12.1 Å². The quantitative estimate of drug-likeness (QED) is 0.934. The van der Waals surface area contributed by atoms with Crippen LogP contribution in [0.25, 0.3) is 0 Å². The van der Waals surface area contributed by atoms with Crippen LogP contribution >= 0.6 is 0 Å². The molecule has 3 heterocycles. The van der Waals surface area contributed by atoms with Crippen LogP contribution in [0.15, 0.2) is 34.9 Å². The molecule has 3 rings (SSSR count). The van der Waals surface area contributed by atoms with Gasteiger partial charge in [-0.25, -0.2) is 0 Å². The Hall–Kier alpha value is -2.37. The Labute approximate surface area is 123 Å². The van der Waals surface area contributed by atoms with Crippen molar-refractivity contribution >= 4 is 11.7 Å². The summed E-state index contributed by atoms with van der Waals surface area (Å²) in [5, 5.41) is 8.03. The van der Waals surface area contributed by atoms with Crippen molar-refractivity contribution in [1.29, 1.82) is 0 Å². The van der Waals surface area contributed by atoms with Crippen molar-refractivity contribution < 1.29 is 9.21 Å². The second-order valence-corrected chi connectivity index (χ2v) is 5.50. The molecule has 6 heteroatoms. The minimum atomic E-state index is -0.566. The van der Waals surface area contributed by atoms with Gasteiger partial charge in [-0.05, 0) is 43.0 Å². The maximum Gasteiger partial charge on any atom is 0.269 e. The molecule has 1 saturated heterocycles. The monoisotopic (exact) mass is 286 g/mol. The Morgan fingerprint density at radius 1 is 1.38 bits per heavy atom. The minimum absolute atomic E-state index is 0.150. The molecule has 2 aromatic rings. The first-order chi connectivity index (χ1) is 10.1. The number of piperidine rings is 1. The first kappa shape index (κ1) is 13.6. The van der Waals surface area contributed by atoms with E-state index < -0.39 is 5.91 Å². The van der Waals surface area contributed by atoms with Gasteiger partial charge in [0.2, 0.25) is 0 Å². The van der Waals surface area contributed by atoms with Crippen molar-refractivity contribution in [2.75, 3.05) is 11.4 Å². The number of carbonyl (C=O) groups excluding carboxylic acids is 1. The molecule has 2 atom stereocenters. The van der Waals surface area contributed by atoms with Crippen molar-refractivity contribution in [2.24, 2.45) is 11.7 Å². The molecular formula is C15H18N4O2. The number of furan rings is 1. The highest BCUT2D eigenvalue weighted by atomic mass is 16.3. The summed E-state index contributed by atoms with van der Waals surface area (Å²) in [4.78, 5) is 13.3. The summed E-state index contributed by atoms with van der Waals surface area (Å²) in [5.41, 5.74) is 5.37. The second-order valence-electron chi connectivity index (χ2n) is 5.50. The SMILES string of the molecule is C[C@@H]1CCN(c2ccc(C(N)=O)nn2)[C@H](c2ccco2)C1. The lowest BCUT2D eigenvalue weighted by molar-refractivity contribution is 0.0994. The standard InChI is InChI=1S/C15H18N4O2/c1-10-6-7-19(12(9-10)13-3-2-8-21-13)14-5-4-11(15(16)20)17-18-14/h2-5,8,10,12H,6-7,9H2,1H3,(H2,16,20)/t10-,12+/m1/s1. The average Bonchev–Trinajstić information content (AvgIpc) is 3.01. The van der Waals surface area contributed by atoms with Gasteiger partial charge in [0, 0.05) is 6.54 Å². The van der Waals surface area contributed by atoms with Gasteiger partial charge in [0.1, 0.15) is 5.76 Å². The summed E-state index contributed by atoms with van der Waals surface area (Å²) >= 11 is 0. The maximum absolute atomic E-state index is 11.1. The molecule has 2 aromatic heterocycles. The van der Waals surface area contributed by atoms with Gasteiger partial charge in [0.25, 0.3) is 5.91 Å². The number of aromatic nitrogens is 2. The molecule has 110 valence electrons. The first-order valence-corrected chi connectivity index (χ1v) is 7.08. The van der Waals surface area contributed by atoms with Gasteiger partial charge in [-0.1, -0.05) is 6.92 Å². The van der Waals surface area contributed by atoms with Crippen LogP contribution in [0.5, 0.6) is 0 Å². The van der Waals surface area contributed by atoms with Crippen molar-refractivity contribution in [3.8, 4) is 0 Å². The van der Waals surface area contributed by atoms with Crippen LogP contribution in [0.2, 0.25) is 0 Å². The number of nitrogens with two attached hydrogens (primary N) is 1. The molecule has 0 aromatic carbocycles. The Bertz CT molecular complexity index is 609. The fourth-order valence-electron chi connectivity index (χ4n) is 2.78. The zero-order chi connectivity index (χ0) is 14.8. The summed E-state index contributed by atoms with van der Waals surface area (Å²) in [7, 11) is 0. The van der Waals surface area contributed by atoms with Gasteiger partial charge in [0.05, 0.1) is 12.3 Å². The van der Waals surface area contributed by atoms with E-state index in [4.69, 9.17) is 10.2 Å². The van der Waals surface area contributed by atoms with E-state index in [0.717, 1.165) is 31.0 Å².